The van der Waals surface area contributed by atoms with Crippen molar-refractivity contribution in [3.63, 3.8) is 0 Å². The van der Waals surface area contributed by atoms with E-state index in [1.807, 2.05) is 11.3 Å². The molecule has 0 unspecified atom stereocenters. The topological polar surface area (TPSA) is 3.24 Å². The second-order valence-corrected chi connectivity index (χ2v) is 18.7. The third-order valence-corrected chi connectivity index (χ3v) is 16.5. The number of fused-ring (bicyclic) bond motifs is 11. The van der Waals surface area contributed by atoms with E-state index in [-0.39, 0.29) is 10.8 Å². The third-order valence-electron chi connectivity index (χ3n) is 15.4. The Kier molecular flexibility index (Phi) is 5.90. The van der Waals surface area contributed by atoms with E-state index in [2.05, 4.69) is 132 Å². The first-order valence-corrected chi connectivity index (χ1v) is 21.2. The van der Waals surface area contributed by atoms with Gasteiger partial charge in [0.25, 0.3) is 0 Å². The Morgan fingerprint density at radius 2 is 1.11 bits per heavy atom. The molecule has 0 radical (unpaired) electrons. The lowest BCUT2D eigenvalue weighted by atomic mass is 9.43. The normalized spacial score (nSPS) is 26.4. The fourth-order valence-electron chi connectivity index (χ4n) is 13.8. The summed E-state index contributed by atoms with van der Waals surface area (Å²) in [5, 5.41) is 2.73. The molecule has 2 spiro atoms. The number of hydrogen-bond donors (Lipinski definition) is 0. The Bertz CT molecular complexity index is 2640. The predicted molar refractivity (Wildman–Crippen MR) is 222 cm³/mol. The van der Waals surface area contributed by atoms with Gasteiger partial charge in [-0.15, -0.1) is 11.3 Å². The van der Waals surface area contributed by atoms with Crippen molar-refractivity contribution < 1.29 is 0 Å². The Hall–Kier alpha value is -4.66. The van der Waals surface area contributed by atoms with Gasteiger partial charge in [0.2, 0.25) is 0 Å². The van der Waals surface area contributed by atoms with Gasteiger partial charge in [-0.05, 0) is 156 Å². The molecule has 0 saturated heterocycles. The highest BCUT2D eigenvalue weighted by Gasteiger charge is 2.61. The number of thiophene rings is 1. The van der Waals surface area contributed by atoms with Crippen LogP contribution in [0.25, 0.3) is 42.4 Å². The maximum absolute atomic E-state index is 2.69. The van der Waals surface area contributed by atoms with Crippen molar-refractivity contribution in [3.05, 3.63) is 150 Å². The van der Waals surface area contributed by atoms with E-state index < -0.39 is 0 Å². The molecule has 53 heavy (non-hydrogen) atoms. The molecule has 1 nitrogen and oxygen atoms in total. The second kappa shape index (κ2) is 10.5. The van der Waals surface area contributed by atoms with Gasteiger partial charge in [0.1, 0.15) is 0 Å². The summed E-state index contributed by atoms with van der Waals surface area (Å²) in [7, 11) is 0. The lowest BCUT2D eigenvalue weighted by molar-refractivity contribution is -0.0399. The highest BCUT2D eigenvalue weighted by atomic mass is 32.1. The van der Waals surface area contributed by atoms with Crippen LogP contribution in [0.4, 0.5) is 17.1 Å². The van der Waals surface area contributed by atoms with Crippen LogP contribution in [-0.4, -0.2) is 0 Å². The maximum atomic E-state index is 2.69. The zero-order valence-corrected chi connectivity index (χ0v) is 31.0. The molecule has 0 atom stereocenters. The van der Waals surface area contributed by atoms with Crippen LogP contribution in [0.2, 0.25) is 0 Å². The number of benzene rings is 6. The molecule has 14 rings (SSSR count). The average molecular weight is 702 g/mol. The lowest BCUT2D eigenvalue weighted by Crippen LogP contribution is -2.55. The van der Waals surface area contributed by atoms with Gasteiger partial charge in [-0.25, -0.2) is 0 Å². The molecule has 4 bridgehead atoms. The van der Waals surface area contributed by atoms with E-state index in [1.165, 1.54) is 117 Å². The van der Waals surface area contributed by atoms with Crippen molar-refractivity contribution in [2.45, 2.75) is 68.6 Å². The summed E-state index contributed by atoms with van der Waals surface area (Å²) in [5.74, 6) is 3.35. The highest BCUT2D eigenvalue weighted by molar-refractivity contribution is 7.26. The maximum Gasteiger partial charge on any atom is 0.0554 e. The molecular weight excluding hydrogens is 659 g/mol. The fraction of sp³-hybridized carbons (Fsp3) is 0.294. The predicted octanol–water partition coefficient (Wildman–Crippen LogP) is 14.1. The van der Waals surface area contributed by atoms with Crippen LogP contribution >= 0.6 is 11.3 Å². The molecule has 1 aromatic heterocycles. The monoisotopic (exact) mass is 701 g/mol. The zero-order valence-electron chi connectivity index (χ0n) is 30.2. The summed E-state index contributed by atoms with van der Waals surface area (Å²) < 4.78 is 2.72. The molecule has 0 N–H and O–H groups in total. The van der Waals surface area contributed by atoms with Crippen molar-refractivity contribution in [3.8, 4) is 22.3 Å². The quantitative estimate of drug-likeness (QED) is 0.177. The van der Waals surface area contributed by atoms with Crippen molar-refractivity contribution in [2.24, 2.45) is 23.7 Å². The first-order chi connectivity index (χ1) is 26.2. The van der Waals surface area contributed by atoms with Crippen LogP contribution in [0, 0.1) is 23.7 Å². The van der Waals surface area contributed by atoms with Crippen molar-refractivity contribution in [1.29, 1.82) is 0 Å². The summed E-state index contributed by atoms with van der Waals surface area (Å²) in [5.41, 5.74) is 16.4. The Morgan fingerprint density at radius 1 is 0.491 bits per heavy atom. The molecule has 5 saturated carbocycles. The molecule has 7 aromatic rings. The van der Waals surface area contributed by atoms with Crippen molar-refractivity contribution in [2.75, 3.05) is 4.90 Å². The van der Waals surface area contributed by atoms with E-state index in [0.29, 0.717) is 0 Å². The van der Waals surface area contributed by atoms with Gasteiger partial charge in [-0.3, -0.25) is 0 Å². The molecule has 2 heteroatoms. The van der Waals surface area contributed by atoms with Crippen molar-refractivity contribution >= 4 is 48.6 Å². The SMILES string of the molecule is c1ccc2c(c1)-c1cc(N(c3ccc4c(c3)C3(c5ccccc5-4)C4CC5CC(C4)CC3C5)c3cccc4sc5ccccc5c34)ccc1C21CCCC1. The highest BCUT2D eigenvalue weighted by Crippen LogP contribution is 2.70. The van der Waals surface area contributed by atoms with E-state index in [1.54, 1.807) is 22.3 Å². The first-order valence-electron chi connectivity index (χ1n) is 20.4. The molecule has 7 aliphatic rings. The molecule has 7 aliphatic carbocycles. The van der Waals surface area contributed by atoms with Crippen LogP contribution < -0.4 is 4.90 Å². The summed E-state index contributed by atoms with van der Waals surface area (Å²) in [4.78, 5) is 2.65. The van der Waals surface area contributed by atoms with Crippen LogP contribution in [0.15, 0.2) is 127 Å². The number of hydrogen-bond acceptors (Lipinski definition) is 2. The Labute approximate surface area is 316 Å². The molecule has 0 aliphatic heterocycles. The summed E-state index contributed by atoms with van der Waals surface area (Å²) in [6.07, 6.45) is 12.3. The minimum absolute atomic E-state index is 0.133. The number of anilines is 3. The van der Waals surface area contributed by atoms with Gasteiger partial charge in [0, 0.05) is 42.4 Å². The standard InChI is InChI=1S/C51H43NS/c1-4-13-42-38(11-1)41-29-35(19-21-43(41)50(42)22-7-8-23-50)52(46-15-9-17-48-49(46)40-12-3-6-16-47(40)53-48)36-18-20-39-37-10-2-5-14-44(37)51(45(39)30-36)33-25-31-24-32(27-33)28-34(51)26-31/h1-6,9-21,29-34H,7-8,22-28H2. The smallest absolute Gasteiger partial charge is 0.0554 e. The van der Waals surface area contributed by atoms with Gasteiger partial charge < -0.3 is 4.90 Å². The molecule has 0 amide bonds. The molecule has 5 fully saturated rings. The minimum atomic E-state index is 0.133. The third kappa shape index (κ3) is 3.74. The Morgan fingerprint density at radius 3 is 1.92 bits per heavy atom. The zero-order chi connectivity index (χ0) is 34.5. The van der Waals surface area contributed by atoms with Gasteiger partial charge in [-0.1, -0.05) is 97.8 Å². The van der Waals surface area contributed by atoms with Crippen LogP contribution in [0.5, 0.6) is 0 Å². The first kappa shape index (κ1) is 29.8. The number of rotatable bonds is 3. The van der Waals surface area contributed by atoms with E-state index >= 15 is 0 Å². The van der Waals surface area contributed by atoms with Gasteiger partial charge in [0.05, 0.1) is 5.69 Å². The number of nitrogens with zero attached hydrogens (tertiary/aromatic N) is 1. The average Bonchev–Trinajstić information content (AvgIpc) is 3.96. The summed E-state index contributed by atoms with van der Waals surface area (Å²) in [6.45, 7) is 0. The molecule has 6 aromatic carbocycles. The van der Waals surface area contributed by atoms with Crippen LogP contribution in [-0.2, 0) is 10.8 Å². The van der Waals surface area contributed by atoms with Gasteiger partial charge in [0.15, 0.2) is 0 Å². The molecular formula is C51H43NS. The largest absolute Gasteiger partial charge is 0.310 e. The second-order valence-electron chi connectivity index (χ2n) is 17.6. The summed E-state index contributed by atoms with van der Waals surface area (Å²) >= 11 is 1.93. The van der Waals surface area contributed by atoms with E-state index in [4.69, 9.17) is 0 Å². The van der Waals surface area contributed by atoms with Crippen LogP contribution in [0.3, 0.4) is 0 Å². The Balaban J connectivity index is 1.07. The van der Waals surface area contributed by atoms with Crippen molar-refractivity contribution in [1.82, 2.24) is 0 Å². The molecule has 1 heterocycles. The van der Waals surface area contributed by atoms with Gasteiger partial charge >= 0.3 is 0 Å². The molecule has 258 valence electrons. The minimum Gasteiger partial charge on any atom is -0.310 e. The van der Waals surface area contributed by atoms with Crippen LogP contribution in [0.1, 0.15) is 80.0 Å². The van der Waals surface area contributed by atoms with Gasteiger partial charge in [-0.2, -0.15) is 0 Å². The summed E-state index contributed by atoms with van der Waals surface area (Å²) in [6, 6.07) is 50.2. The van der Waals surface area contributed by atoms with E-state index in [9.17, 15) is 0 Å². The van der Waals surface area contributed by atoms with E-state index in [0.717, 1.165) is 23.7 Å². The fourth-order valence-corrected chi connectivity index (χ4v) is 14.9. The lowest BCUT2D eigenvalue weighted by Gasteiger charge is -2.61.